The van der Waals surface area contributed by atoms with Crippen molar-refractivity contribution >= 4 is 6.03 Å². The number of hydrogen-bond acceptors (Lipinski definition) is 3. The van der Waals surface area contributed by atoms with Gasteiger partial charge in [0.25, 0.3) is 0 Å². The van der Waals surface area contributed by atoms with Crippen molar-refractivity contribution in [1.82, 2.24) is 10.6 Å². The van der Waals surface area contributed by atoms with Gasteiger partial charge in [-0.1, -0.05) is 32.4 Å². The van der Waals surface area contributed by atoms with Crippen LogP contribution in [0.2, 0.25) is 0 Å². The fourth-order valence-electron chi connectivity index (χ4n) is 2.18. The molecule has 0 fully saturated rings. The summed E-state index contributed by atoms with van der Waals surface area (Å²) in [6.07, 6.45) is 1.53. The molecule has 124 valence electrons. The first-order valence-electron chi connectivity index (χ1n) is 7.79. The van der Waals surface area contributed by atoms with Crippen LogP contribution in [0.15, 0.2) is 24.3 Å². The van der Waals surface area contributed by atoms with E-state index >= 15 is 0 Å². The fraction of sp³-hybridized carbons (Fsp3) is 0.588. The second-order valence-electron chi connectivity index (χ2n) is 6.27. The lowest BCUT2D eigenvalue weighted by molar-refractivity contribution is 0.00785. The maximum atomic E-state index is 11.9. The lowest BCUT2D eigenvalue weighted by Gasteiger charge is -2.30. The molecular formula is C17H28N2O3. The highest BCUT2D eigenvalue weighted by Crippen LogP contribution is 2.18. The molecule has 2 amide bonds. The quantitative estimate of drug-likeness (QED) is 0.624. The summed E-state index contributed by atoms with van der Waals surface area (Å²) in [5.41, 5.74) is 0.129. The third-order valence-electron chi connectivity index (χ3n) is 4.14. The third-order valence-corrected chi connectivity index (χ3v) is 4.14. The van der Waals surface area contributed by atoms with E-state index in [1.807, 2.05) is 32.9 Å². The smallest absolute Gasteiger partial charge is 0.315 e. The Bertz CT molecular complexity index is 471. The van der Waals surface area contributed by atoms with Crippen molar-refractivity contribution in [3.05, 3.63) is 29.8 Å². The Morgan fingerprint density at radius 2 is 1.86 bits per heavy atom. The number of urea groups is 1. The molecule has 0 bridgehead atoms. The zero-order chi connectivity index (χ0) is 16.8. The average Bonchev–Trinajstić information content (AvgIpc) is 2.46. The first kappa shape index (κ1) is 18.3. The minimum atomic E-state index is -0.910. The van der Waals surface area contributed by atoms with Gasteiger partial charge in [-0.05, 0) is 43.9 Å². The normalized spacial score (nSPS) is 16.4. The molecule has 5 nitrogen and oxygen atoms in total. The molecular weight excluding hydrogens is 280 g/mol. The van der Waals surface area contributed by atoms with Crippen LogP contribution in [0.3, 0.4) is 0 Å². The van der Waals surface area contributed by atoms with Crippen molar-refractivity contribution in [3.63, 3.8) is 0 Å². The number of carbonyl (C=O) groups excluding carboxylic acids is 1. The highest BCUT2D eigenvalue weighted by molar-refractivity contribution is 5.74. The van der Waals surface area contributed by atoms with Crippen molar-refractivity contribution < 1.29 is 15.0 Å². The number of phenols is 1. The summed E-state index contributed by atoms with van der Waals surface area (Å²) in [5, 5.41) is 25.1. The molecule has 1 rings (SSSR count). The van der Waals surface area contributed by atoms with E-state index in [0.717, 1.165) is 12.0 Å². The molecule has 0 radical (unpaired) electrons. The first-order valence-corrected chi connectivity index (χ1v) is 7.79. The van der Waals surface area contributed by atoms with E-state index in [1.54, 1.807) is 19.1 Å². The number of rotatable bonds is 7. The number of aromatic hydroxyl groups is 1. The molecule has 0 heterocycles. The molecule has 3 atom stereocenters. The van der Waals surface area contributed by atoms with Gasteiger partial charge in [-0.2, -0.15) is 0 Å². The molecule has 0 saturated carbocycles. The summed E-state index contributed by atoms with van der Waals surface area (Å²) >= 11 is 0. The van der Waals surface area contributed by atoms with Crippen molar-refractivity contribution in [1.29, 1.82) is 0 Å². The van der Waals surface area contributed by atoms with Crippen LogP contribution in [-0.4, -0.2) is 34.4 Å². The van der Waals surface area contributed by atoms with Crippen LogP contribution in [-0.2, 0) is 6.42 Å². The van der Waals surface area contributed by atoms with Crippen molar-refractivity contribution in [2.45, 2.75) is 52.2 Å². The van der Waals surface area contributed by atoms with E-state index in [4.69, 9.17) is 0 Å². The zero-order valence-electron chi connectivity index (χ0n) is 13.9. The van der Waals surface area contributed by atoms with E-state index in [9.17, 15) is 15.0 Å². The second kappa shape index (κ2) is 8.03. The van der Waals surface area contributed by atoms with Gasteiger partial charge in [-0.3, -0.25) is 0 Å². The molecule has 0 spiro atoms. The van der Waals surface area contributed by atoms with Crippen LogP contribution in [0.25, 0.3) is 0 Å². The Labute approximate surface area is 132 Å². The number of aliphatic hydroxyl groups is 1. The van der Waals surface area contributed by atoms with E-state index < -0.39 is 5.60 Å². The average molecular weight is 308 g/mol. The second-order valence-corrected chi connectivity index (χ2v) is 6.27. The first-order chi connectivity index (χ1) is 10.2. The summed E-state index contributed by atoms with van der Waals surface area (Å²) in [4.78, 5) is 11.9. The predicted molar refractivity (Wildman–Crippen MR) is 87.9 cm³/mol. The topological polar surface area (TPSA) is 81.6 Å². The SMILES string of the molecule is CCC(C)C(C)(O)CNC(=O)NC(C)Cc1ccc(O)cc1. The summed E-state index contributed by atoms with van der Waals surface area (Å²) in [6.45, 7) is 7.85. The van der Waals surface area contributed by atoms with Crippen molar-refractivity contribution in [2.75, 3.05) is 6.54 Å². The molecule has 5 heteroatoms. The largest absolute Gasteiger partial charge is 0.508 e. The number of carbonyl (C=O) groups is 1. The van der Waals surface area contributed by atoms with Gasteiger partial charge in [0, 0.05) is 12.6 Å². The predicted octanol–water partition coefficient (Wildman–Crippen LogP) is 2.42. The summed E-state index contributed by atoms with van der Waals surface area (Å²) in [5.74, 6) is 0.344. The Morgan fingerprint density at radius 1 is 1.27 bits per heavy atom. The molecule has 3 unspecified atom stereocenters. The molecule has 1 aromatic rings. The zero-order valence-corrected chi connectivity index (χ0v) is 13.9. The maximum absolute atomic E-state index is 11.9. The number of hydrogen-bond donors (Lipinski definition) is 4. The Hall–Kier alpha value is -1.75. The number of benzene rings is 1. The van der Waals surface area contributed by atoms with Gasteiger partial charge in [0.05, 0.1) is 5.60 Å². The van der Waals surface area contributed by atoms with Crippen LogP contribution < -0.4 is 10.6 Å². The number of phenolic OH excluding ortho intramolecular Hbond substituents is 1. The van der Waals surface area contributed by atoms with Gasteiger partial charge in [0.15, 0.2) is 0 Å². The summed E-state index contributed by atoms with van der Waals surface area (Å²) < 4.78 is 0. The number of nitrogens with one attached hydrogen (secondary N) is 2. The fourth-order valence-corrected chi connectivity index (χ4v) is 2.18. The third kappa shape index (κ3) is 5.93. The molecule has 1 aromatic carbocycles. The van der Waals surface area contributed by atoms with Gasteiger partial charge in [0.2, 0.25) is 0 Å². The van der Waals surface area contributed by atoms with E-state index in [2.05, 4.69) is 10.6 Å². The van der Waals surface area contributed by atoms with Gasteiger partial charge < -0.3 is 20.8 Å². The van der Waals surface area contributed by atoms with Gasteiger partial charge in [-0.25, -0.2) is 4.79 Å². The van der Waals surface area contributed by atoms with Crippen molar-refractivity contribution in [3.8, 4) is 5.75 Å². The summed E-state index contributed by atoms with van der Waals surface area (Å²) in [7, 11) is 0. The maximum Gasteiger partial charge on any atom is 0.315 e. The van der Waals surface area contributed by atoms with Crippen LogP contribution in [0, 0.1) is 5.92 Å². The van der Waals surface area contributed by atoms with Gasteiger partial charge >= 0.3 is 6.03 Å². The lowest BCUT2D eigenvalue weighted by Crippen LogP contribution is -2.49. The van der Waals surface area contributed by atoms with Crippen molar-refractivity contribution in [2.24, 2.45) is 5.92 Å². The molecule has 0 saturated heterocycles. The van der Waals surface area contributed by atoms with Crippen LogP contribution in [0.5, 0.6) is 5.75 Å². The molecule has 4 N–H and O–H groups in total. The van der Waals surface area contributed by atoms with Crippen LogP contribution >= 0.6 is 0 Å². The monoisotopic (exact) mass is 308 g/mol. The number of amides is 2. The standard InChI is InChI=1S/C17H28N2O3/c1-5-12(2)17(4,22)11-18-16(21)19-13(3)10-14-6-8-15(20)9-7-14/h6-9,12-13,20,22H,5,10-11H2,1-4H3,(H2,18,19,21). The molecule has 0 aromatic heterocycles. The van der Waals surface area contributed by atoms with E-state index in [1.165, 1.54) is 0 Å². The molecule has 0 aliphatic carbocycles. The lowest BCUT2D eigenvalue weighted by atomic mass is 9.89. The van der Waals surface area contributed by atoms with Crippen LogP contribution in [0.4, 0.5) is 4.79 Å². The molecule has 0 aliphatic rings. The minimum absolute atomic E-state index is 0.0434. The van der Waals surface area contributed by atoms with Gasteiger partial charge in [0.1, 0.15) is 5.75 Å². The van der Waals surface area contributed by atoms with Crippen LogP contribution in [0.1, 0.15) is 39.7 Å². The van der Waals surface area contributed by atoms with Gasteiger partial charge in [-0.15, -0.1) is 0 Å². The minimum Gasteiger partial charge on any atom is -0.508 e. The van der Waals surface area contributed by atoms with E-state index in [-0.39, 0.29) is 30.3 Å². The highest BCUT2D eigenvalue weighted by atomic mass is 16.3. The summed E-state index contributed by atoms with van der Waals surface area (Å²) in [6, 6.07) is 6.60. The van der Waals surface area contributed by atoms with E-state index in [0.29, 0.717) is 6.42 Å². The Balaban J connectivity index is 2.39. The Kier molecular flexibility index (Phi) is 6.68. The Morgan fingerprint density at radius 3 is 2.41 bits per heavy atom. The molecule has 0 aliphatic heterocycles. The molecule has 22 heavy (non-hydrogen) atoms. The highest BCUT2D eigenvalue weighted by Gasteiger charge is 2.27.